The normalized spacial score (nSPS) is 20.7. The van der Waals surface area contributed by atoms with Crippen LogP contribution in [0.25, 0.3) is 0 Å². The third kappa shape index (κ3) is 1.37. The van der Waals surface area contributed by atoms with Crippen LogP contribution in [-0.2, 0) is 6.42 Å². The largest absolute Gasteiger partial charge is 0.465 e. The first-order chi connectivity index (χ1) is 6.59. The van der Waals surface area contributed by atoms with Crippen molar-refractivity contribution < 1.29 is 14.3 Å². The van der Waals surface area contributed by atoms with Crippen LogP contribution in [0.5, 0.6) is 0 Å². The number of rotatable bonds is 0. The highest BCUT2D eigenvalue weighted by atomic mass is 32.1. The van der Waals surface area contributed by atoms with Gasteiger partial charge in [0.1, 0.15) is 0 Å². The Morgan fingerprint density at radius 1 is 1.79 bits per heavy atom. The molecule has 1 N–H and O–H groups in total. The smallest absolute Gasteiger partial charge is 0.407 e. The van der Waals surface area contributed by atoms with Gasteiger partial charge in [-0.2, -0.15) is 4.39 Å². The van der Waals surface area contributed by atoms with Crippen molar-refractivity contribution in [1.29, 1.82) is 0 Å². The van der Waals surface area contributed by atoms with Crippen LogP contribution in [0.3, 0.4) is 0 Å². The van der Waals surface area contributed by atoms with Crippen molar-refractivity contribution in [3.8, 4) is 0 Å². The Bertz CT molecular complexity index is 377. The maximum absolute atomic E-state index is 12.9. The molecule has 0 saturated carbocycles. The average Bonchev–Trinajstić information content (AvgIpc) is 2.46. The quantitative estimate of drug-likeness (QED) is 0.722. The zero-order valence-corrected chi connectivity index (χ0v) is 8.47. The van der Waals surface area contributed by atoms with E-state index in [1.54, 1.807) is 6.92 Å². The van der Waals surface area contributed by atoms with E-state index in [0.717, 1.165) is 21.8 Å². The van der Waals surface area contributed by atoms with Crippen LogP contribution >= 0.6 is 11.3 Å². The lowest BCUT2D eigenvalue weighted by Gasteiger charge is -2.30. The van der Waals surface area contributed by atoms with Crippen molar-refractivity contribution in [2.45, 2.75) is 19.4 Å². The lowest BCUT2D eigenvalue weighted by atomic mass is 10.0. The van der Waals surface area contributed by atoms with E-state index in [1.165, 1.54) is 11.0 Å². The Hall–Kier alpha value is -1.10. The third-order valence-corrected chi connectivity index (χ3v) is 3.55. The van der Waals surface area contributed by atoms with E-state index in [9.17, 15) is 9.18 Å². The molecular weight excluding hydrogens is 205 g/mol. The molecule has 1 aliphatic rings. The van der Waals surface area contributed by atoms with E-state index < -0.39 is 6.09 Å². The Kier molecular flexibility index (Phi) is 2.19. The first kappa shape index (κ1) is 9.45. The van der Waals surface area contributed by atoms with E-state index in [1.807, 2.05) is 0 Å². The van der Waals surface area contributed by atoms with Crippen LogP contribution in [0, 0.1) is 5.13 Å². The highest BCUT2D eigenvalue weighted by molar-refractivity contribution is 7.10. The first-order valence-electron chi connectivity index (χ1n) is 4.37. The second kappa shape index (κ2) is 3.24. The van der Waals surface area contributed by atoms with E-state index in [-0.39, 0.29) is 11.2 Å². The van der Waals surface area contributed by atoms with Gasteiger partial charge in [0.05, 0.1) is 6.04 Å². The Balaban J connectivity index is 2.35. The standard InChI is InChI=1S/C9H10FNO2S/c1-5-6-4-8(10)14-7(6)2-3-11(5)9(12)13/h4-5H,2-3H2,1H3,(H,12,13)/t5-/m1/s1. The van der Waals surface area contributed by atoms with Crippen LogP contribution in [-0.4, -0.2) is 22.6 Å². The molecule has 0 aliphatic carbocycles. The van der Waals surface area contributed by atoms with Crippen LogP contribution in [0.1, 0.15) is 23.4 Å². The summed E-state index contributed by atoms with van der Waals surface area (Å²) in [4.78, 5) is 13.1. The molecule has 5 heteroatoms. The van der Waals surface area contributed by atoms with E-state index in [0.29, 0.717) is 13.0 Å². The molecular formula is C9H10FNO2S. The molecule has 0 bridgehead atoms. The number of carbonyl (C=O) groups is 1. The summed E-state index contributed by atoms with van der Waals surface area (Å²) in [5, 5.41) is 8.65. The maximum atomic E-state index is 12.9. The summed E-state index contributed by atoms with van der Waals surface area (Å²) in [6, 6.07) is 1.22. The number of fused-ring (bicyclic) bond motifs is 1. The fourth-order valence-electron chi connectivity index (χ4n) is 1.80. The molecule has 0 saturated heterocycles. The van der Waals surface area contributed by atoms with Gasteiger partial charge in [-0.1, -0.05) is 0 Å². The molecule has 1 aromatic rings. The summed E-state index contributed by atoms with van der Waals surface area (Å²) < 4.78 is 12.9. The number of thiophene rings is 1. The zero-order valence-electron chi connectivity index (χ0n) is 7.66. The van der Waals surface area contributed by atoms with Crippen LogP contribution < -0.4 is 0 Å². The topological polar surface area (TPSA) is 40.5 Å². The summed E-state index contributed by atoms with van der Waals surface area (Å²) >= 11 is 1.12. The molecule has 1 atom stereocenters. The van der Waals surface area contributed by atoms with Gasteiger partial charge in [-0.15, -0.1) is 11.3 Å². The molecule has 0 unspecified atom stereocenters. The summed E-state index contributed by atoms with van der Waals surface area (Å²) in [6.07, 6.45) is -0.310. The number of hydrogen-bond donors (Lipinski definition) is 1. The maximum Gasteiger partial charge on any atom is 0.407 e. The molecule has 14 heavy (non-hydrogen) atoms. The lowest BCUT2D eigenvalue weighted by Crippen LogP contribution is -2.37. The van der Waals surface area contributed by atoms with E-state index >= 15 is 0 Å². The van der Waals surface area contributed by atoms with Crippen molar-refractivity contribution in [1.82, 2.24) is 4.90 Å². The minimum Gasteiger partial charge on any atom is -0.465 e. The zero-order chi connectivity index (χ0) is 10.3. The second-order valence-corrected chi connectivity index (χ2v) is 4.42. The molecule has 0 aromatic carbocycles. The predicted octanol–water partition coefficient (Wildman–Crippen LogP) is 2.48. The highest BCUT2D eigenvalue weighted by Crippen LogP contribution is 2.34. The molecule has 1 aromatic heterocycles. The summed E-state index contributed by atoms with van der Waals surface area (Å²) in [7, 11) is 0. The number of amides is 1. The molecule has 1 amide bonds. The van der Waals surface area contributed by atoms with Crippen molar-refractivity contribution >= 4 is 17.4 Å². The fourth-order valence-corrected chi connectivity index (χ4v) is 2.76. The number of halogens is 1. The van der Waals surface area contributed by atoms with Crippen LogP contribution in [0.2, 0.25) is 0 Å². The molecule has 3 nitrogen and oxygen atoms in total. The number of hydrogen-bond acceptors (Lipinski definition) is 2. The molecule has 0 radical (unpaired) electrons. The molecule has 2 heterocycles. The number of nitrogens with zero attached hydrogens (tertiary/aromatic N) is 1. The van der Waals surface area contributed by atoms with Gasteiger partial charge in [0, 0.05) is 17.8 Å². The van der Waals surface area contributed by atoms with Gasteiger partial charge in [0.25, 0.3) is 0 Å². The molecule has 0 fully saturated rings. The first-order valence-corrected chi connectivity index (χ1v) is 5.19. The average molecular weight is 215 g/mol. The predicted molar refractivity (Wildman–Crippen MR) is 51.1 cm³/mol. The third-order valence-electron chi connectivity index (χ3n) is 2.55. The van der Waals surface area contributed by atoms with Gasteiger partial charge >= 0.3 is 6.09 Å². The second-order valence-electron chi connectivity index (χ2n) is 3.33. The van der Waals surface area contributed by atoms with Gasteiger partial charge in [-0.05, 0) is 18.6 Å². The molecule has 0 spiro atoms. The van der Waals surface area contributed by atoms with Crippen molar-refractivity contribution in [3.05, 3.63) is 21.6 Å². The van der Waals surface area contributed by atoms with Crippen LogP contribution in [0.4, 0.5) is 9.18 Å². The molecule has 2 rings (SSSR count). The number of carboxylic acid groups (broad SMARTS) is 1. The summed E-state index contributed by atoms with van der Waals surface area (Å²) in [5.41, 5.74) is 0.821. The van der Waals surface area contributed by atoms with Crippen LogP contribution in [0.15, 0.2) is 6.07 Å². The van der Waals surface area contributed by atoms with Crippen molar-refractivity contribution in [2.24, 2.45) is 0 Å². The fraction of sp³-hybridized carbons (Fsp3) is 0.444. The summed E-state index contributed by atoms with van der Waals surface area (Å²) in [5.74, 6) is 0. The van der Waals surface area contributed by atoms with E-state index in [4.69, 9.17) is 5.11 Å². The minimum absolute atomic E-state index is 0.225. The molecule has 1 aliphatic heterocycles. The minimum atomic E-state index is -0.935. The SMILES string of the molecule is C[C@@H]1c2cc(F)sc2CCN1C(=O)O. The van der Waals surface area contributed by atoms with E-state index in [2.05, 4.69) is 0 Å². The van der Waals surface area contributed by atoms with Crippen molar-refractivity contribution in [3.63, 3.8) is 0 Å². The van der Waals surface area contributed by atoms with Gasteiger partial charge < -0.3 is 10.0 Å². The Morgan fingerprint density at radius 3 is 3.14 bits per heavy atom. The molecule has 76 valence electrons. The Labute approximate surface area is 84.8 Å². The van der Waals surface area contributed by atoms with Gasteiger partial charge in [0.2, 0.25) is 0 Å². The highest BCUT2D eigenvalue weighted by Gasteiger charge is 2.29. The Morgan fingerprint density at radius 2 is 2.50 bits per heavy atom. The lowest BCUT2D eigenvalue weighted by molar-refractivity contribution is 0.125. The van der Waals surface area contributed by atoms with Gasteiger partial charge in [-0.25, -0.2) is 4.79 Å². The van der Waals surface area contributed by atoms with Gasteiger partial charge in [-0.3, -0.25) is 0 Å². The monoisotopic (exact) mass is 215 g/mol. The van der Waals surface area contributed by atoms with Crippen molar-refractivity contribution in [2.75, 3.05) is 6.54 Å². The summed E-state index contributed by atoms with van der Waals surface area (Å²) in [6.45, 7) is 2.25. The van der Waals surface area contributed by atoms with Gasteiger partial charge in [0.15, 0.2) is 5.13 Å².